The molecular weight excluding hydrogens is 989 g/mol. The van der Waals surface area contributed by atoms with Crippen molar-refractivity contribution in [2.24, 2.45) is 5.41 Å². The summed E-state index contributed by atoms with van der Waals surface area (Å²) >= 11 is 0. The highest BCUT2D eigenvalue weighted by Gasteiger charge is 2.51. The number of nitrogens with one attached hydrogen (secondary N) is 3. The third-order valence-electron chi connectivity index (χ3n) is 18.4. The van der Waals surface area contributed by atoms with Crippen molar-refractivity contribution in [1.29, 1.82) is 0 Å². The number of nitro groups is 1. The predicted octanol–water partition coefficient (Wildman–Crippen LogP) is 6.93. The normalized spacial score (nSPS) is 26.9. The molecule has 3 aromatic carbocycles. The minimum atomic E-state index is -4.70. The van der Waals surface area contributed by atoms with E-state index in [-0.39, 0.29) is 35.7 Å². The first kappa shape index (κ1) is 48.3. The summed E-state index contributed by atoms with van der Waals surface area (Å²) in [7, 11) is -4.70. The van der Waals surface area contributed by atoms with E-state index in [1.165, 1.54) is 51.1 Å². The molecule has 1 spiro atoms. The van der Waals surface area contributed by atoms with Crippen molar-refractivity contribution in [3.05, 3.63) is 99.7 Å². The molecule has 9 heterocycles. The first-order valence-corrected chi connectivity index (χ1v) is 29.0. The molecule has 19 nitrogen and oxygen atoms in total. The largest absolute Gasteiger partial charge is 0.489 e. The molecule has 1 amide bonds. The van der Waals surface area contributed by atoms with Crippen molar-refractivity contribution in [2.45, 2.75) is 111 Å². The summed E-state index contributed by atoms with van der Waals surface area (Å²) in [5, 5.41) is 16.8. The Labute approximate surface area is 442 Å². The lowest BCUT2D eigenvalue weighted by Gasteiger charge is -2.56. The third-order valence-corrected chi connectivity index (χ3v) is 19.7. The van der Waals surface area contributed by atoms with Gasteiger partial charge in [-0.15, -0.1) is 0 Å². The number of pyridine rings is 1. The number of carbonyl (C=O) groups is 1. The average molecular weight is 1060 g/mol. The maximum atomic E-state index is 14.8. The standard InChI is InChI=1S/C56H66N10O9S/c1-34-27-61(19-20-63(34)40-30-72-31-40)28-37-29-74-50-24-41(23-47(66(68)69)52(50)58-37)76(70,71)60-54(67)44-11-10-38(22-46(44)65-48-21-36-12-15-57-53(36)59-55(48)75-51-33-73-32-49(51)65)62-17-13-56(14-18-62)25-39(26-56)64-16-4-7-45(64)43-6-3-2-5-42(43)35-8-9-35/h2-3,5-6,10-12,15,21-24,34-35,37,39-40,45,49,51,58H,4,7-9,13-14,16-20,25-33H2,1H3,(H,57,59)(H,60,67)/t34-,37-,45+,49-,51+/m1/s1. The Kier molecular flexibility index (Phi) is 12.0. The number of anilines is 4. The summed E-state index contributed by atoms with van der Waals surface area (Å²) in [4.78, 5) is 46.5. The van der Waals surface area contributed by atoms with Crippen LogP contribution in [0.25, 0.3) is 11.0 Å². The Morgan fingerprint density at radius 2 is 1.70 bits per heavy atom. The molecule has 2 aromatic heterocycles. The summed E-state index contributed by atoms with van der Waals surface area (Å²) in [5.41, 5.74) is 5.85. The molecule has 0 unspecified atom stereocenters. The van der Waals surface area contributed by atoms with Crippen LogP contribution in [0.15, 0.2) is 77.8 Å². The van der Waals surface area contributed by atoms with E-state index < -0.39 is 37.5 Å². The molecule has 7 fully saturated rings. The van der Waals surface area contributed by atoms with Crippen LogP contribution in [0.3, 0.4) is 0 Å². The lowest BCUT2D eigenvalue weighted by Crippen LogP contribution is -2.61. The highest BCUT2D eigenvalue weighted by molar-refractivity contribution is 7.90. The molecule has 2 aliphatic carbocycles. The number of piperidine rings is 1. The van der Waals surface area contributed by atoms with Gasteiger partial charge in [-0.05, 0) is 118 Å². The van der Waals surface area contributed by atoms with Crippen molar-refractivity contribution >= 4 is 55.4 Å². The van der Waals surface area contributed by atoms with E-state index in [2.05, 4.69) is 65.8 Å². The number of rotatable bonds is 12. The highest BCUT2D eigenvalue weighted by Crippen LogP contribution is 2.55. The van der Waals surface area contributed by atoms with E-state index in [9.17, 15) is 23.3 Å². The van der Waals surface area contributed by atoms with Gasteiger partial charge in [-0.2, -0.15) is 4.98 Å². The first-order chi connectivity index (χ1) is 36.9. The molecule has 7 aliphatic heterocycles. The summed E-state index contributed by atoms with van der Waals surface area (Å²) in [5.74, 6) is 0.245. The molecule has 5 aromatic rings. The molecule has 400 valence electrons. The number of fused-ring (bicyclic) bond motifs is 4. The van der Waals surface area contributed by atoms with Crippen molar-refractivity contribution < 1.29 is 37.1 Å². The highest BCUT2D eigenvalue weighted by atomic mass is 32.2. The molecule has 5 saturated heterocycles. The molecule has 2 saturated carbocycles. The Morgan fingerprint density at radius 3 is 2.47 bits per heavy atom. The van der Waals surface area contributed by atoms with Gasteiger partial charge in [0, 0.05) is 86.8 Å². The van der Waals surface area contributed by atoms with Gasteiger partial charge >= 0.3 is 0 Å². The Hall–Kier alpha value is -6.03. The number of hydrogen-bond acceptors (Lipinski definition) is 16. The van der Waals surface area contributed by atoms with Gasteiger partial charge < -0.3 is 39.0 Å². The van der Waals surface area contributed by atoms with Crippen LogP contribution in [0.1, 0.15) is 91.7 Å². The lowest BCUT2D eigenvalue weighted by atomic mass is 9.59. The maximum Gasteiger partial charge on any atom is 0.297 e. The Bertz CT molecular complexity index is 3200. The quantitative estimate of drug-likeness (QED) is 0.0858. The van der Waals surface area contributed by atoms with Gasteiger partial charge in [-0.3, -0.25) is 29.6 Å². The van der Waals surface area contributed by atoms with Crippen LogP contribution in [0, 0.1) is 15.5 Å². The zero-order valence-electron chi connectivity index (χ0n) is 42.9. The number of ether oxygens (including phenoxy) is 4. The third kappa shape index (κ3) is 8.63. The van der Waals surface area contributed by atoms with Gasteiger partial charge in [0.25, 0.3) is 21.6 Å². The van der Waals surface area contributed by atoms with Gasteiger partial charge in [-0.25, -0.2) is 13.1 Å². The van der Waals surface area contributed by atoms with E-state index in [0.717, 1.165) is 81.8 Å². The molecule has 5 atom stereocenters. The van der Waals surface area contributed by atoms with Gasteiger partial charge in [0.05, 0.1) is 65.6 Å². The van der Waals surface area contributed by atoms with Crippen molar-refractivity contribution in [1.82, 2.24) is 29.4 Å². The smallest absolute Gasteiger partial charge is 0.297 e. The fourth-order valence-electron chi connectivity index (χ4n) is 14.2. The van der Waals surface area contributed by atoms with Crippen molar-refractivity contribution in [3.63, 3.8) is 0 Å². The van der Waals surface area contributed by atoms with Gasteiger partial charge in [0.1, 0.15) is 24.0 Å². The minimum absolute atomic E-state index is 0.0304. The number of H-pyrrole nitrogens is 1. The number of aromatic nitrogens is 2. The fourth-order valence-corrected chi connectivity index (χ4v) is 15.2. The van der Waals surface area contributed by atoms with E-state index in [1.807, 2.05) is 35.4 Å². The SMILES string of the molecule is C[C@@H]1CN(C[C@@H]2COc3cc(S(=O)(=O)NC(=O)c4ccc(N5CCC6(CC5)CC(N5CCC[C@H]5c5ccccc5C5CC5)C6)cc4N4c5cc6cc[nH]c6nc5O[C@H]5COC[C@H]54)cc([N+](=O)[O-])c3N2)CCN1C1COC1. The van der Waals surface area contributed by atoms with Gasteiger partial charge in [0.15, 0.2) is 11.4 Å². The molecule has 0 radical (unpaired) electrons. The summed E-state index contributed by atoms with van der Waals surface area (Å²) < 4.78 is 55.2. The second kappa shape index (κ2) is 18.9. The van der Waals surface area contributed by atoms with Crippen molar-refractivity contribution in [2.75, 3.05) is 94.0 Å². The van der Waals surface area contributed by atoms with E-state index >= 15 is 0 Å². The number of carbonyl (C=O) groups excluding carboxylic acids is 1. The van der Waals surface area contributed by atoms with Crippen LogP contribution < -0.4 is 29.3 Å². The monoisotopic (exact) mass is 1050 g/mol. The molecule has 3 N–H and O–H groups in total. The predicted molar refractivity (Wildman–Crippen MR) is 286 cm³/mol. The zero-order chi connectivity index (χ0) is 51.5. The molecule has 9 aliphatic rings. The van der Waals surface area contributed by atoms with Crippen LogP contribution in [0.4, 0.5) is 28.4 Å². The number of hydrogen-bond donors (Lipinski definition) is 3. The van der Waals surface area contributed by atoms with E-state index in [4.69, 9.17) is 23.9 Å². The van der Waals surface area contributed by atoms with E-state index in [1.54, 1.807) is 17.2 Å². The van der Waals surface area contributed by atoms with Crippen LogP contribution in [0.2, 0.25) is 0 Å². The summed E-state index contributed by atoms with van der Waals surface area (Å²) in [6.07, 6.45) is 11.0. The van der Waals surface area contributed by atoms with Crippen LogP contribution in [-0.2, 0) is 19.5 Å². The number of amides is 1. The van der Waals surface area contributed by atoms with Crippen LogP contribution >= 0.6 is 0 Å². The Balaban J connectivity index is 0.720. The number of aromatic amines is 1. The maximum absolute atomic E-state index is 14.8. The number of benzene rings is 3. The number of nitro benzene ring substituents is 1. The fraction of sp³-hybridized carbons (Fsp3) is 0.536. The number of sulfonamides is 1. The van der Waals surface area contributed by atoms with Crippen LogP contribution in [0.5, 0.6) is 11.6 Å². The van der Waals surface area contributed by atoms with Crippen molar-refractivity contribution in [3.8, 4) is 11.6 Å². The van der Waals surface area contributed by atoms with Gasteiger partial charge in [0.2, 0.25) is 5.88 Å². The second-order valence-electron chi connectivity index (χ2n) is 23.1. The molecule has 14 rings (SSSR count). The number of nitrogens with zero attached hydrogens (tertiary/aromatic N) is 7. The number of likely N-dealkylation sites (tertiary alicyclic amines) is 1. The summed E-state index contributed by atoms with van der Waals surface area (Å²) in [6, 6.07) is 22.2. The lowest BCUT2D eigenvalue weighted by molar-refractivity contribution is -0.384. The molecular formula is C56H66N10O9S. The van der Waals surface area contributed by atoms with Crippen LogP contribution in [-0.4, -0.2) is 159 Å². The van der Waals surface area contributed by atoms with E-state index in [0.29, 0.717) is 72.2 Å². The first-order valence-electron chi connectivity index (χ1n) is 27.5. The molecule has 76 heavy (non-hydrogen) atoms. The number of piperazine rings is 1. The summed E-state index contributed by atoms with van der Waals surface area (Å²) in [6.45, 7) is 10.5. The average Bonchev–Trinajstić information content (AvgIpc) is 3.71. The Morgan fingerprint density at radius 1 is 0.882 bits per heavy atom. The zero-order valence-corrected chi connectivity index (χ0v) is 43.7. The minimum Gasteiger partial charge on any atom is -0.489 e. The van der Waals surface area contributed by atoms with Gasteiger partial charge in [-0.1, -0.05) is 24.3 Å². The second-order valence-corrected chi connectivity index (χ2v) is 24.8. The molecule has 0 bridgehead atoms. The molecule has 20 heteroatoms. The topological polar surface area (TPSA) is 200 Å².